The molecule has 0 unspecified atom stereocenters. The quantitative estimate of drug-likeness (QED) is 0.363. The highest BCUT2D eigenvalue weighted by molar-refractivity contribution is 14.0. The highest BCUT2D eigenvalue weighted by Gasteiger charge is 2.35. The lowest BCUT2D eigenvalue weighted by molar-refractivity contribution is 0.0528. The first kappa shape index (κ1) is 23.2. The largest absolute Gasteiger partial charge is 0.381 e. The first-order valence-electron chi connectivity index (χ1n) is 9.76. The molecule has 1 heterocycles. The number of benzene rings is 1. The first-order chi connectivity index (χ1) is 12.1. The molecule has 2 rings (SSSR count). The van der Waals surface area contributed by atoms with E-state index in [4.69, 9.17) is 9.73 Å². The Morgan fingerprint density at radius 1 is 1.23 bits per heavy atom. The molecule has 1 N–H and O–H groups in total. The number of hydrogen-bond donors (Lipinski definition) is 1. The van der Waals surface area contributed by atoms with Crippen LogP contribution in [0.1, 0.15) is 50.7 Å². The van der Waals surface area contributed by atoms with Crippen LogP contribution in [0, 0.1) is 6.92 Å². The number of unbranched alkanes of at least 4 members (excludes halogenated alkanes) is 1. The van der Waals surface area contributed by atoms with Crippen LogP contribution in [0.3, 0.4) is 0 Å². The third-order valence-electron chi connectivity index (χ3n) is 5.24. The Hall–Kier alpha value is -0.820. The van der Waals surface area contributed by atoms with Crippen molar-refractivity contribution in [3.8, 4) is 0 Å². The highest BCUT2D eigenvalue weighted by Crippen LogP contribution is 2.37. The molecule has 1 fully saturated rings. The van der Waals surface area contributed by atoms with Crippen LogP contribution in [-0.2, 0) is 10.2 Å². The van der Waals surface area contributed by atoms with Crippen LogP contribution in [0.5, 0.6) is 0 Å². The lowest BCUT2D eigenvalue weighted by atomic mass is 9.72. The van der Waals surface area contributed by atoms with E-state index in [1.165, 1.54) is 24.0 Å². The lowest BCUT2D eigenvalue weighted by Gasteiger charge is -2.38. The molecule has 1 aromatic rings. The second-order valence-electron chi connectivity index (χ2n) is 7.15. The Bertz CT molecular complexity index is 556. The van der Waals surface area contributed by atoms with Crippen LogP contribution in [-0.4, -0.2) is 50.8 Å². The summed E-state index contributed by atoms with van der Waals surface area (Å²) in [6, 6.07) is 8.78. The van der Waals surface area contributed by atoms with Gasteiger partial charge in [0.05, 0.1) is 6.54 Å². The number of halogens is 1. The number of guanidine groups is 1. The standard InChI is InChI=1S/C21H35N3O.HI/c1-5-7-14-24(4)20(22-6-2)23-17-21(12-15-25-16-13-21)19-11-9-8-10-18(19)3;/h8-11H,5-7,12-17H2,1-4H3,(H,22,23);1H. The maximum atomic E-state index is 5.67. The topological polar surface area (TPSA) is 36.9 Å². The minimum Gasteiger partial charge on any atom is -0.381 e. The molecule has 0 aliphatic carbocycles. The summed E-state index contributed by atoms with van der Waals surface area (Å²) in [4.78, 5) is 7.32. The van der Waals surface area contributed by atoms with Crippen LogP contribution in [0.4, 0.5) is 0 Å². The molecule has 0 spiro atoms. The van der Waals surface area contributed by atoms with E-state index in [1.807, 2.05) is 0 Å². The number of rotatable bonds is 7. The van der Waals surface area contributed by atoms with Gasteiger partial charge in [0.15, 0.2) is 5.96 Å². The van der Waals surface area contributed by atoms with Crippen molar-refractivity contribution in [2.45, 2.75) is 51.9 Å². The van der Waals surface area contributed by atoms with Gasteiger partial charge in [-0.25, -0.2) is 0 Å². The van der Waals surface area contributed by atoms with Crippen LogP contribution in [0.25, 0.3) is 0 Å². The van der Waals surface area contributed by atoms with Crippen molar-refractivity contribution >= 4 is 29.9 Å². The number of ether oxygens (including phenoxy) is 1. The SMILES string of the molecule is CCCCN(C)C(=NCC1(c2ccccc2C)CCOCC1)NCC.I. The monoisotopic (exact) mass is 473 g/mol. The molecule has 0 amide bonds. The van der Waals surface area contributed by atoms with Crippen molar-refractivity contribution < 1.29 is 4.74 Å². The van der Waals surface area contributed by atoms with Gasteiger partial charge in [0.2, 0.25) is 0 Å². The Morgan fingerprint density at radius 3 is 2.54 bits per heavy atom. The third kappa shape index (κ3) is 6.12. The molecule has 148 valence electrons. The summed E-state index contributed by atoms with van der Waals surface area (Å²) in [6.07, 6.45) is 4.48. The summed E-state index contributed by atoms with van der Waals surface area (Å²) >= 11 is 0. The fourth-order valence-corrected chi connectivity index (χ4v) is 3.64. The summed E-state index contributed by atoms with van der Waals surface area (Å²) < 4.78 is 5.67. The van der Waals surface area contributed by atoms with Crippen LogP contribution in [0.2, 0.25) is 0 Å². The van der Waals surface area contributed by atoms with E-state index in [2.05, 4.69) is 62.3 Å². The molecule has 0 atom stereocenters. The molecule has 26 heavy (non-hydrogen) atoms. The summed E-state index contributed by atoms with van der Waals surface area (Å²) in [5, 5.41) is 3.46. The number of aliphatic imine (C=N–C) groups is 1. The van der Waals surface area contributed by atoms with Crippen molar-refractivity contribution in [2.24, 2.45) is 4.99 Å². The number of hydrogen-bond acceptors (Lipinski definition) is 2. The minimum atomic E-state index is 0. The Morgan fingerprint density at radius 2 is 1.92 bits per heavy atom. The Kier molecular flexibility index (Phi) is 10.5. The van der Waals surface area contributed by atoms with Gasteiger partial charge in [0.1, 0.15) is 0 Å². The number of aryl methyl sites for hydroxylation is 1. The van der Waals surface area contributed by atoms with E-state index in [0.717, 1.165) is 51.6 Å². The molecule has 1 aromatic carbocycles. The Labute approximate surface area is 176 Å². The maximum Gasteiger partial charge on any atom is 0.193 e. The van der Waals surface area contributed by atoms with Gasteiger partial charge in [0, 0.05) is 38.8 Å². The molecule has 0 radical (unpaired) electrons. The van der Waals surface area contributed by atoms with Crippen molar-refractivity contribution in [3.05, 3.63) is 35.4 Å². The summed E-state index contributed by atoms with van der Waals surface area (Å²) in [7, 11) is 2.14. The predicted molar refractivity (Wildman–Crippen MR) is 122 cm³/mol. The molecular formula is C21H36IN3O. The van der Waals surface area contributed by atoms with E-state index in [9.17, 15) is 0 Å². The third-order valence-corrected chi connectivity index (χ3v) is 5.24. The van der Waals surface area contributed by atoms with Gasteiger partial charge in [-0.1, -0.05) is 37.6 Å². The van der Waals surface area contributed by atoms with Crippen LogP contribution < -0.4 is 5.32 Å². The molecular weight excluding hydrogens is 437 g/mol. The number of nitrogens with zero attached hydrogens (tertiary/aromatic N) is 2. The Balaban J connectivity index is 0.00000338. The van der Waals surface area contributed by atoms with Crippen LogP contribution in [0.15, 0.2) is 29.3 Å². The van der Waals surface area contributed by atoms with Gasteiger partial charge < -0.3 is 15.0 Å². The van der Waals surface area contributed by atoms with E-state index in [-0.39, 0.29) is 29.4 Å². The van der Waals surface area contributed by atoms with Gasteiger partial charge in [-0.15, -0.1) is 24.0 Å². The average molecular weight is 473 g/mol. The molecule has 0 bridgehead atoms. The van der Waals surface area contributed by atoms with Crippen molar-refractivity contribution in [1.82, 2.24) is 10.2 Å². The van der Waals surface area contributed by atoms with Gasteiger partial charge in [-0.2, -0.15) is 0 Å². The molecule has 1 saturated heterocycles. The molecule has 1 aliphatic rings. The van der Waals surface area contributed by atoms with Gasteiger partial charge in [-0.05, 0) is 44.2 Å². The van der Waals surface area contributed by atoms with E-state index < -0.39 is 0 Å². The van der Waals surface area contributed by atoms with Gasteiger partial charge in [0.25, 0.3) is 0 Å². The summed E-state index contributed by atoms with van der Waals surface area (Å²) in [5.74, 6) is 1.02. The molecule has 0 saturated carbocycles. The fraction of sp³-hybridized carbons (Fsp3) is 0.667. The zero-order chi connectivity index (χ0) is 18.1. The molecule has 1 aliphatic heterocycles. The maximum absolute atomic E-state index is 5.67. The van der Waals surface area contributed by atoms with Crippen LogP contribution >= 0.6 is 24.0 Å². The minimum absolute atomic E-state index is 0. The summed E-state index contributed by atoms with van der Waals surface area (Å²) in [5.41, 5.74) is 2.90. The second-order valence-corrected chi connectivity index (χ2v) is 7.15. The van der Waals surface area contributed by atoms with Gasteiger partial charge in [-0.3, -0.25) is 4.99 Å². The summed E-state index contributed by atoms with van der Waals surface area (Å²) in [6.45, 7) is 11.0. The molecule has 4 nitrogen and oxygen atoms in total. The van der Waals surface area contributed by atoms with E-state index in [0.29, 0.717) is 0 Å². The van der Waals surface area contributed by atoms with Crippen molar-refractivity contribution in [3.63, 3.8) is 0 Å². The zero-order valence-electron chi connectivity index (χ0n) is 16.9. The smallest absolute Gasteiger partial charge is 0.193 e. The highest BCUT2D eigenvalue weighted by atomic mass is 127. The van der Waals surface area contributed by atoms with E-state index >= 15 is 0 Å². The lowest BCUT2D eigenvalue weighted by Crippen LogP contribution is -2.42. The van der Waals surface area contributed by atoms with Crippen molar-refractivity contribution in [2.75, 3.05) is 39.9 Å². The average Bonchev–Trinajstić information content (AvgIpc) is 2.64. The van der Waals surface area contributed by atoms with Gasteiger partial charge >= 0.3 is 0 Å². The predicted octanol–water partition coefficient (Wildman–Crippen LogP) is 4.36. The second kappa shape index (κ2) is 11.8. The molecule has 5 heteroatoms. The zero-order valence-corrected chi connectivity index (χ0v) is 19.2. The first-order valence-corrected chi connectivity index (χ1v) is 9.76. The van der Waals surface area contributed by atoms with E-state index in [1.54, 1.807) is 0 Å². The normalized spacial score (nSPS) is 16.7. The number of nitrogens with one attached hydrogen (secondary N) is 1. The molecule has 0 aromatic heterocycles. The van der Waals surface area contributed by atoms with Crippen molar-refractivity contribution in [1.29, 1.82) is 0 Å². The fourth-order valence-electron chi connectivity index (χ4n) is 3.64.